The fourth-order valence-corrected chi connectivity index (χ4v) is 5.38. The molecule has 0 bridgehead atoms. The van der Waals surface area contributed by atoms with Crippen LogP contribution in [0.15, 0.2) is 129 Å². The van der Waals surface area contributed by atoms with Gasteiger partial charge >= 0.3 is 0 Å². The molecule has 8 heteroatoms. The van der Waals surface area contributed by atoms with Gasteiger partial charge in [0.15, 0.2) is 5.69 Å². The smallest absolute Gasteiger partial charge is 0.296 e. The van der Waals surface area contributed by atoms with Crippen LogP contribution in [0.4, 0.5) is 4.39 Å². The van der Waals surface area contributed by atoms with E-state index < -0.39 is 0 Å². The Labute approximate surface area is 263 Å². The minimum atomic E-state index is -0.339. The molecule has 0 N–H and O–H groups in total. The van der Waals surface area contributed by atoms with E-state index in [1.54, 1.807) is 29.9 Å². The monoisotopic (exact) mass is 649 g/mol. The zero-order valence-electron chi connectivity index (χ0n) is 24.0. The molecule has 0 spiro atoms. The molecule has 2 heterocycles. The maximum Gasteiger partial charge on any atom is 0.296 e. The molecular weight excluding hydrogens is 621 g/mol. The SMILES string of the molecule is Cn1c(C(Cc2ccccc2)c2ccc(Br)cc2)nc(-c2ncc(Cc3ccc(F)cc3)o2)c(OCc2ccccc2)c1=O. The molecule has 1 unspecified atom stereocenters. The van der Waals surface area contributed by atoms with Crippen molar-refractivity contribution in [3.8, 4) is 17.3 Å². The Bertz CT molecular complexity index is 1910. The summed E-state index contributed by atoms with van der Waals surface area (Å²) in [5.41, 5.74) is 3.79. The van der Waals surface area contributed by atoms with Gasteiger partial charge in [0.05, 0.1) is 6.20 Å². The normalized spacial score (nSPS) is 11.8. The van der Waals surface area contributed by atoms with Crippen molar-refractivity contribution in [3.63, 3.8) is 0 Å². The number of nitrogens with zero attached hydrogens (tertiary/aromatic N) is 3. The Kier molecular flexibility index (Phi) is 8.79. The van der Waals surface area contributed by atoms with E-state index in [4.69, 9.17) is 14.1 Å². The molecule has 6 rings (SSSR count). The van der Waals surface area contributed by atoms with Gasteiger partial charge in [0, 0.05) is 23.9 Å². The van der Waals surface area contributed by atoms with Crippen molar-refractivity contribution in [2.45, 2.75) is 25.4 Å². The number of hydrogen-bond acceptors (Lipinski definition) is 5. The van der Waals surface area contributed by atoms with E-state index in [0.29, 0.717) is 24.4 Å². The van der Waals surface area contributed by atoms with Gasteiger partial charge in [-0.25, -0.2) is 14.4 Å². The molecular formula is C36H29BrFN3O3. The van der Waals surface area contributed by atoms with E-state index in [9.17, 15) is 9.18 Å². The lowest BCUT2D eigenvalue weighted by Crippen LogP contribution is -2.28. The lowest BCUT2D eigenvalue weighted by molar-refractivity contribution is 0.297. The topological polar surface area (TPSA) is 70.2 Å². The van der Waals surface area contributed by atoms with Crippen molar-refractivity contribution in [1.82, 2.24) is 14.5 Å². The van der Waals surface area contributed by atoms with E-state index in [1.807, 2.05) is 72.8 Å². The second-order valence-electron chi connectivity index (χ2n) is 10.5. The standard InChI is InChI=1S/C36H29BrFN3O3/c1-41-34(31(21-24-8-4-2-5-9-24)27-14-16-28(37)17-15-27)40-32(33(36(41)42)43-23-26-10-6-3-7-11-26)35-39-22-30(44-35)20-25-12-18-29(38)19-13-25/h2-19,22,31H,20-21,23H2,1H3. The van der Waals surface area contributed by atoms with Crippen molar-refractivity contribution in [1.29, 1.82) is 0 Å². The molecule has 2 aromatic heterocycles. The van der Waals surface area contributed by atoms with Crippen LogP contribution in [0.3, 0.4) is 0 Å². The average Bonchev–Trinajstić information content (AvgIpc) is 3.51. The highest BCUT2D eigenvalue weighted by atomic mass is 79.9. The van der Waals surface area contributed by atoms with Crippen LogP contribution >= 0.6 is 15.9 Å². The highest BCUT2D eigenvalue weighted by Gasteiger charge is 2.27. The van der Waals surface area contributed by atoms with Crippen LogP contribution < -0.4 is 10.3 Å². The third kappa shape index (κ3) is 6.71. The van der Waals surface area contributed by atoms with E-state index in [2.05, 4.69) is 33.0 Å². The first-order chi connectivity index (χ1) is 21.4. The van der Waals surface area contributed by atoms with Crippen LogP contribution in [0.2, 0.25) is 0 Å². The summed E-state index contributed by atoms with van der Waals surface area (Å²) in [5, 5.41) is 0. The summed E-state index contributed by atoms with van der Waals surface area (Å²) < 4.78 is 28.3. The molecule has 0 saturated carbocycles. The summed E-state index contributed by atoms with van der Waals surface area (Å²) in [7, 11) is 1.72. The zero-order valence-corrected chi connectivity index (χ0v) is 25.6. The first-order valence-corrected chi connectivity index (χ1v) is 15.0. The molecule has 0 radical (unpaired) electrons. The van der Waals surface area contributed by atoms with Gasteiger partial charge < -0.3 is 9.15 Å². The summed E-state index contributed by atoms with van der Waals surface area (Å²) in [6, 6.07) is 34.0. The molecule has 6 aromatic rings. The number of benzene rings is 4. The molecule has 220 valence electrons. The molecule has 0 amide bonds. The Hall–Kier alpha value is -4.82. The highest BCUT2D eigenvalue weighted by Crippen LogP contribution is 2.33. The van der Waals surface area contributed by atoms with Crippen LogP contribution in [-0.4, -0.2) is 14.5 Å². The van der Waals surface area contributed by atoms with Gasteiger partial charge in [-0.3, -0.25) is 9.36 Å². The third-order valence-electron chi connectivity index (χ3n) is 7.42. The first kappa shape index (κ1) is 29.3. The number of aromatic nitrogens is 3. The summed E-state index contributed by atoms with van der Waals surface area (Å²) in [4.78, 5) is 23.6. The number of rotatable bonds is 10. The molecule has 44 heavy (non-hydrogen) atoms. The lowest BCUT2D eigenvalue weighted by Gasteiger charge is -2.22. The number of halogens is 2. The third-order valence-corrected chi connectivity index (χ3v) is 7.95. The second-order valence-corrected chi connectivity index (χ2v) is 11.4. The van der Waals surface area contributed by atoms with Gasteiger partial charge in [-0.15, -0.1) is 0 Å². The number of ether oxygens (including phenoxy) is 1. The molecule has 0 saturated heterocycles. The van der Waals surface area contributed by atoms with Crippen molar-refractivity contribution >= 4 is 15.9 Å². The summed E-state index contributed by atoms with van der Waals surface area (Å²) in [5.74, 6) is 0.793. The van der Waals surface area contributed by atoms with Crippen molar-refractivity contribution in [2.75, 3.05) is 0 Å². The fourth-order valence-electron chi connectivity index (χ4n) is 5.12. The molecule has 0 aliphatic heterocycles. The summed E-state index contributed by atoms with van der Waals surface area (Å²) in [6.07, 6.45) is 2.63. The molecule has 4 aromatic carbocycles. The van der Waals surface area contributed by atoms with Gasteiger partial charge in [0.25, 0.3) is 5.56 Å². The van der Waals surface area contributed by atoms with Crippen LogP contribution in [0.25, 0.3) is 11.6 Å². The lowest BCUT2D eigenvalue weighted by atomic mass is 9.91. The predicted octanol–water partition coefficient (Wildman–Crippen LogP) is 7.88. The van der Waals surface area contributed by atoms with Crippen molar-refractivity contribution < 1.29 is 13.5 Å². The first-order valence-electron chi connectivity index (χ1n) is 14.2. The molecule has 0 fully saturated rings. The fraction of sp³-hybridized carbons (Fsp3) is 0.139. The van der Waals surface area contributed by atoms with Crippen LogP contribution in [0.5, 0.6) is 5.75 Å². The van der Waals surface area contributed by atoms with Gasteiger partial charge in [-0.2, -0.15) is 0 Å². The largest absolute Gasteiger partial charge is 0.481 e. The average molecular weight is 651 g/mol. The number of hydrogen-bond donors (Lipinski definition) is 0. The molecule has 0 aliphatic carbocycles. The Balaban J connectivity index is 1.45. The summed E-state index contributed by atoms with van der Waals surface area (Å²) >= 11 is 3.53. The van der Waals surface area contributed by atoms with Crippen molar-refractivity contribution in [3.05, 3.63) is 170 Å². The van der Waals surface area contributed by atoms with Gasteiger partial charge in [0.1, 0.15) is 24.0 Å². The quantitative estimate of drug-likeness (QED) is 0.151. The van der Waals surface area contributed by atoms with E-state index in [0.717, 1.165) is 26.7 Å². The maximum atomic E-state index is 14.1. The van der Waals surface area contributed by atoms with Crippen LogP contribution in [-0.2, 0) is 26.5 Å². The van der Waals surface area contributed by atoms with Gasteiger partial charge in [-0.1, -0.05) is 101 Å². The zero-order chi connectivity index (χ0) is 30.5. The molecule has 0 aliphatic rings. The van der Waals surface area contributed by atoms with Crippen LogP contribution in [0.1, 0.15) is 39.8 Å². The van der Waals surface area contributed by atoms with Crippen LogP contribution in [0, 0.1) is 5.82 Å². The van der Waals surface area contributed by atoms with Gasteiger partial charge in [0.2, 0.25) is 11.6 Å². The Morgan fingerprint density at radius 2 is 1.52 bits per heavy atom. The van der Waals surface area contributed by atoms with Crippen molar-refractivity contribution in [2.24, 2.45) is 7.05 Å². The molecule has 6 nitrogen and oxygen atoms in total. The Morgan fingerprint density at radius 1 is 0.864 bits per heavy atom. The molecule has 1 atom stereocenters. The Morgan fingerprint density at radius 3 is 2.20 bits per heavy atom. The minimum absolute atomic E-state index is 0.0598. The highest BCUT2D eigenvalue weighted by molar-refractivity contribution is 9.10. The second kappa shape index (κ2) is 13.2. The number of oxazole rings is 1. The maximum absolute atomic E-state index is 14.1. The van der Waals surface area contributed by atoms with E-state index in [-0.39, 0.29) is 41.2 Å². The van der Waals surface area contributed by atoms with E-state index in [1.165, 1.54) is 12.1 Å². The summed E-state index contributed by atoms with van der Waals surface area (Å²) in [6.45, 7) is 0.174. The van der Waals surface area contributed by atoms with Gasteiger partial charge in [-0.05, 0) is 52.9 Å². The van der Waals surface area contributed by atoms with E-state index >= 15 is 0 Å². The predicted molar refractivity (Wildman–Crippen MR) is 171 cm³/mol. The minimum Gasteiger partial charge on any atom is -0.481 e.